The van der Waals surface area contributed by atoms with Crippen molar-refractivity contribution >= 4 is 11.5 Å². The molecule has 5 heteroatoms. The van der Waals surface area contributed by atoms with Gasteiger partial charge in [0.1, 0.15) is 11.4 Å². The van der Waals surface area contributed by atoms with Gasteiger partial charge in [-0.25, -0.2) is 4.98 Å². The molecule has 0 saturated carbocycles. The molecule has 0 spiro atoms. The second-order valence-corrected chi connectivity index (χ2v) is 3.14. The number of aromatic nitrogens is 2. The molecule has 14 heavy (non-hydrogen) atoms. The van der Waals surface area contributed by atoms with Gasteiger partial charge in [0, 0.05) is 6.07 Å². The normalized spacial score (nSPS) is 10.7. The summed E-state index contributed by atoms with van der Waals surface area (Å²) in [4.78, 5) is 14.5. The van der Waals surface area contributed by atoms with Gasteiger partial charge in [0.05, 0.1) is 0 Å². The predicted molar refractivity (Wildman–Crippen MR) is 51.3 cm³/mol. The summed E-state index contributed by atoms with van der Waals surface area (Å²) < 4.78 is 1.55. The zero-order valence-electron chi connectivity index (χ0n) is 7.89. The van der Waals surface area contributed by atoms with E-state index in [1.807, 2.05) is 19.1 Å². The molecule has 0 atom stereocenters. The Kier molecular flexibility index (Phi) is 1.73. The quantitative estimate of drug-likeness (QED) is 0.510. The minimum absolute atomic E-state index is 0.0538. The Morgan fingerprint density at radius 1 is 1.43 bits per heavy atom. The molecule has 0 aliphatic carbocycles. The third-order valence-corrected chi connectivity index (χ3v) is 2.16. The van der Waals surface area contributed by atoms with Gasteiger partial charge in [-0.15, -0.1) is 0 Å². The van der Waals surface area contributed by atoms with Gasteiger partial charge in [-0.1, -0.05) is 6.07 Å². The molecule has 2 aromatic rings. The first kappa shape index (κ1) is 8.68. The van der Waals surface area contributed by atoms with Crippen molar-refractivity contribution in [2.75, 3.05) is 0 Å². The topological polar surface area (TPSA) is 60.4 Å². The minimum Gasteiger partial charge on any atom is -0.358 e. The van der Waals surface area contributed by atoms with E-state index in [1.54, 1.807) is 17.4 Å². The average Bonchev–Trinajstić information content (AvgIpc) is 2.42. The highest BCUT2D eigenvalue weighted by Gasteiger charge is 2.20. The Hall–Kier alpha value is -1.91. The summed E-state index contributed by atoms with van der Waals surface area (Å²) in [7, 11) is 0. The van der Waals surface area contributed by atoms with Crippen molar-refractivity contribution in [3.63, 3.8) is 0 Å². The smallest absolute Gasteiger partial charge is 0.350 e. The van der Waals surface area contributed by atoms with Gasteiger partial charge in [0.15, 0.2) is 0 Å². The molecule has 72 valence electrons. The SMILES string of the molecule is Cc1nc2cccc(C)n2c1[N+](=O)[O-]. The number of aryl methyl sites for hydroxylation is 2. The molecular formula is C9H9N3O2. The van der Waals surface area contributed by atoms with E-state index in [0.717, 1.165) is 5.69 Å². The lowest BCUT2D eigenvalue weighted by atomic mass is 10.4. The Morgan fingerprint density at radius 3 is 2.79 bits per heavy atom. The van der Waals surface area contributed by atoms with Gasteiger partial charge in [-0.05, 0) is 24.8 Å². The van der Waals surface area contributed by atoms with E-state index in [9.17, 15) is 10.1 Å². The van der Waals surface area contributed by atoms with Crippen molar-refractivity contribution in [3.8, 4) is 0 Å². The first-order valence-corrected chi connectivity index (χ1v) is 4.20. The highest BCUT2D eigenvalue weighted by Crippen LogP contribution is 2.21. The van der Waals surface area contributed by atoms with Crippen LogP contribution in [0.5, 0.6) is 0 Å². The van der Waals surface area contributed by atoms with E-state index in [1.165, 1.54) is 0 Å². The lowest BCUT2D eigenvalue weighted by Crippen LogP contribution is -1.98. The van der Waals surface area contributed by atoms with Crippen molar-refractivity contribution in [2.45, 2.75) is 13.8 Å². The van der Waals surface area contributed by atoms with Crippen LogP contribution in [0.15, 0.2) is 18.2 Å². The molecule has 5 nitrogen and oxygen atoms in total. The van der Waals surface area contributed by atoms with Gasteiger partial charge in [0.2, 0.25) is 5.65 Å². The van der Waals surface area contributed by atoms with Crippen LogP contribution in [0.3, 0.4) is 0 Å². The number of pyridine rings is 1. The summed E-state index contributed by atoms with van der Waals surface area (Å²) in [5.41, 5.74) is 1.88. The van der Waals surface area contributed by atoms with Crippen LogP contribution in [0.1, 0.15) is 11.4 Å². The van der Waals surface area contributed by atoms with Crippen molar-refractivity contribution in [1.82, 2.24) is 9.38 Å². The van der Waals surface area contributed by atoms with Crippen LogP contribution >= 0.6 is 0 Å². The zero-order valence-corrected chi connectivity index (χ0v) is 7.89. The average molecular weight is 191 g/mol. The first-order valence-electron chi connectivity index (χ1n) is 4.20. The summed E-state index contributed by atoms with van der Waals surface area (Å²) in [5, 5.41) is 10.8. The number of hydrogen-bond donors (Lipinski definition) is 0. The van der Waals surface area contributed by atoms with Gasteiger partial charge in [-0.2, -0.15) is 4.40 Å². The van der Waals surface area contributed by atoms with Crippen LogP contribution in [0.4, 0.5) is 5.82 Å². The van der Waals surface area contributed by atoms with Crippen LogP contribution in [-0.2, 0) is 0 Å². The molecule has 0 aromatic carbocycles. The Morgan fingerprint density at radius 2 is 2.14 bits per heavy atom. The summed E-state index contributed by atoms with van der Waals surface area (Å²) >= 11 is 0. The Bertz CT molecular complexity index is 516. The highest BCUT2D eigenvalue weighted by molar-refractivity contribution is 5.50. The molecule has 0 amide bonds. The lowest BCUT2D eigenvalue weighted by molar-refractivity contribution is -0.391. The zero-order chi connectivity index (χ0) is 10.3. The fourth-order valence-corrected chi connectivity index (χ4v) is 1.56. The molecular weight excluding hydrogens is 182 g/mol. The number of fused-ring (bicyclic) bond motifs is 1. The molecule has 0 fully saturated rings. The number of rotatable bonds is 1. The van der Waals surface area contributed by atoms with E-state index < -0.39 is 4.92 Å². The van der Waals surface area contributed by atoms with E-state index >= 15 is 0 Å². The standard InChI is InChI=1S/C9H9N3O2/c1-6-4-3-5-8-10-7(2)9(11(6)8)12(13)14/h3-5H,1-2H3. The molecule has 2 heterocycles. The van der Waals surface area contributed by atoms with E-state index in [2.05, 4.69) is 4.98 Å². The fraction of sp³-hybridized carbons (Fsp3) is 0.222. The van der Waals surface area contributed by atoms with Crippen LogP contribution in [0.2, 0.25) is 0 Å². The third kappa shape index (κ3) is 1.06. The summed E-state index contributed by atoms with van der Waals surface area (Å²) in [5.74, 6) is 0.0538. The maximum absolute atomic E-state index is 10.8. The Labute approximate surface area is 80.2 Å². The monoisotopic (exact) mass is 191 g/mol. The maximum Gasteiger partial charge on any atom is 0.350 e. The van der Waals surface area contributed by atoms with Gasteiger partial charge in [0.25, 0.3) is 0 Å². The van der Waals surface area contributed by atoms with Crippen molar-refractivity contribution in [2.24, 2.45) is 0 Å². The van der Waals surface area contributed by atoms with Crippen LogP contribution in [0.25, 0.3) is 5.65 Å². The van der Waals surface area contributed by atoms with Crippen LogP contribution in [0, 0.1) is 24.0 Å². The van der Waals surface area contributed by atoms with Crippen molar-refractivity contribution < 1.29 is 4.92 Å². The largest absolute Gasteiger partial charge is 0.358 e. The van der Waals surface area contributed by atoms with Gasteiger partial charge in [-0.3, -0.25) is 0 Å². The second-order valence-electron chi connectivity index (χ2n) is 3.14. The molecule has 2 rings (SSSR count). The summed E-state index contributed by atoms with van der Waals surface area (Å²) in [6.07, 6.45) is 0. The summed E-state index contributed by atoms with van der Waals surface area (Å²) in [6, 6.07) is 5.41. The van der Waals surface area contributed by atoms with E-state index in [4.69, 9.17) is 0 Å². The van der Waals surface area contributed by atoms with E-state index in [-0.39, 0.29) is 5.82 Å². The molecule has 2 aromatic heterocycles. The number of hydrogen-bond acceptors (Lipinski definition) is 3. The molecule has 0 saturated heterocycles. The fourth-order valence-electron chi connectivity index (χ4n) is 1.56. The van der Waals surface area contributed by atoms with Crippen molar-refractivity contribution in [3.05, 3.63) is 39.7 Å². The predicted octanol–water partition coefficient (Wildman–Crippen LogP) is 1.86. The molecule has 0 unspecified atom stereocenters. The molecule has 0 radical (unpaired) electrons. The number of nitro groups is 1. The first-order chi connectivity index (χ1) is 6.61. The third-order valence-electron chi connectivity index (χ3n) is 2.16. The van der Waals surface area contributed by atoms with Gasteiger partial charge < -0.3 is 10.1 Å². The molecule has 0 aliphatic heterocycles. The maximum atomic E-state index is 10.8. The highest BCUT2D eigenvalue weighted by atomic mass is 16.6. The molecule has 0 bridgehead atoms. The molecule has 0 aliphatic rings. The number of imidazole rings is 1. The summed E-state index contributed by atoms with van der Waals surface area (Å²) in [6.45, 7) is 3.46. The minimum atomic E-state index is -0.400. The molecule has 0 N–H and O–H groups in total. The number of nitrogens with zero attached hydrogens (tertiary/aromatic N) is 3. The van der Waals surface area contributed by atoms with E-state index in [0.29, 0.717) is 11.3 Å². The van der Waals surface area contributed by atoms with Crippen molar-refractivity contribution in [1.29, 1.82) is 0 Å². The second kappa shape index (κ2) is 2.80. The van der Waals surface area contributed by atoms with Gasteiger partial charge >= 0.3 is 5.82 Å². The van der Waals surface area contributed by atoms with Crippen LogP contribution in [-0.4, -0.2) is 14.3 Å². The van der Waals surface area contributed by atoms with Crippen LogP contribution < -0.4 is 0 Å². The Balaban J connectivity index is 2.93. The lowest BCUT2D eigenvalue weighted by Gasteiger charge is -1.96.